The molecule has 0 aliphatic heterocycles. The fourth-order valence-electron chi connectivity index (χ4n) is 3.21. The van der Waals surface area contributed by atoms with Crippen LogP contribution in [0, 0.1) is 5.92 Å². The summed E-state index contributed by atoms with van der Waals surface area (Å²) in [7, 11) is 0. The Balaban J connectivity index is 1.72. The summed E-state index contributed by atoms with van der Waals surface area (Å²) in [6, 6.07) is 18.5. The van der Waals surface area contributed by atoms with Gasteiger partial charge in [-0.05, 0) is 29.2 Å². The first-order valence-corrected chi connectivity index (χ1v) is 9.57. The molecule has 0 aliphatic rings. The molecule has 1 N–H and O–H groups in total. The van der Waals surface area contributed by atoms with Crippen molar-refractivity contribution in [3.05, 3.63) is 84.3 Å². The summed E-state index contributed by atoms with van der Waals surface area (Å²) in [6.07, 6.45) is 4.81. The van der Waals surface area contributed by atoms with Gasteiger partial charge in [-0.2, -0.15) is 0 Å². The predicted molar refractivity (Wildman–Crippen MR) is 110 cm³/mol. The van der Waals surface area contributed by atoms with Gasteiger partial charge in [0.15, 0.2) is 0 Å². The number of aliphatic hydroxyl groups excluding tert-OH is 1. The van der Waals surface area contributed by atoms with E-state index < -0.39 is 0 Å². The van der Waals surface area contributed by atoms with Gasteiger partial charge < -0.3 is 9.84 Å². The first kappa shape index (κ1) is 20.0. The van der Waals surface area contributed by atoms with Crippen molar-refractivity contribution in [3.8, 4) is 11.6 Å². The molecule has 1 heterocycles. The molecule has 0 amide bonds. The summed E-state index contributed by atoms with van der Waals surface area (Å²) in [5.41, 5.74) is 2.41. The number of hydrogen-bond acceptors (Lipinski definition) is 5. The summed E-state index contributed by atoms with van der Waals surface area (Å²) in [6.45, 7) is 5.98. The molecule has 0 fully saturated rings. The van der Waals surface area contributed by atoms with Crippen LogP contribution in [0.1, 0.15) is 25.0 Å². The van der Waals surface area contributed by atoms with Crippen LogP contribution in [0.15, 0.2) is 73.2 Å². The number of aromatic nitrogens is 2. The Morgan fingerprint density at radius 2 is 1.61 bits per heavy atom. The summed E-state index contributed by atoms with van der Waals surface area (Å²) in [5, 5.41) is 9.96. The minimum absolute atomic E-state index is 0.0933. The van der Waals surface area contributed by atoms with E-state index >= 15 is 0 Å². The molecule has 0 saturated heterocycles. The lowest BCUT2D eigenvalue weighted by molar-refractivity contribution is 0.0784. The van der Waals surface area contributed by atoms with E-state index in [1.165, 1.54) is 11.1 Å². The molecular formula is C23H27N3O2. The van der Waals surface area contributed by atoms with Crippen molar-refractivity contribution < 1.29 is 9.84 Å². The minimum atomic E-state index is 0.0933. The second kappa shape index (κ2) is 9.97. The molecule has 5 nitrogen and oxygen atoms in total. The highest BCUT2D eigenvalue weighted by molar-refractivity contribution is 5.30. The molecule has 1 aromatic heterocycles. The van der Waals surface area contributed by atoms with Gasteiger partial charge in [-0.25, -0.2) is 4.98 Å². The third kappa shape index (κ3) is 5.62. The Kier molecular flexibility index (Phi) is 7.12. The van der Waals surface area contributed by atoms with Crippen LogP contribution >= 0.6 is 0 Å². The molecule has 146 valence electrons. The molecule has 1 atom stereocenters. The maximum atomic E-state index is 9.96. The molecule has 3 rings (SSSR count). The van der Waals surface area contributed by atoms with E-state index in [0.29, 0.717) is 11.8 Å². The van der Waals surface area contributed by atoms with Crippen molar-refractivity contribution in [3.63, 3.8) is 0 Å². The largest absolute Gasteiger partial charge is 0.438 e. The molecule has 0 aliphatic carbocycles. The Labute approximate surface area is 166 Å². The van der Waals surface area contributed by atoms with Crippen LogP contribution in [0.2, 0.25) is 0 Å². The molecule has 28 heavy (non-hydrogen) atoms. The van der Waals surface area contributed by atoms with Gasteiger partial charge in [-0.3, -0.25) is 9.88 Å². The third-order valence-electron chi connectivity index (χ3n) is 4.73. The lowest BCUT2D eigenvalue weighted by atomic mass is 10.0. The van der Waals surface area contributed by atoms with Gasteiger partial charge >= 0.3 is 0 Å². The quantitative estimate of drug-likeness (QED) is 0.603. The van der Waals surface area contributed by atoms with Gasteiger partial charge in [0.25, 0.3) is 0 Å². The molecule has 5 heteroatoms. The fourth-order valence-corrected chi connectivity index (χ4v) is 3.21. The topological polar surface area (TPSA) is 58.5 Å². The fraction of sp³-hybridized carbons (Fsp3) is 0.304. The molecule has 0 saturated carbocycles. The normalized spacial score (nSPS) is 12.3. The molecule has 2 aromatic carbocycles. The Morgan fingerprint density at radius 3 is 2.18 bits per heavy atom. The minimum Gasteiger partial charge on any atom is -0.438 e. The van der Waals surface area contributed by atoms with Gasteiger partial charge in [0.2, 0.25) is 5.88 Å². The first-order valence-electron chi connectivity index (χ1n) is 9.57. The lowest BCUT2D eigenvalue weighted by Gasteiger charge is -2.33. The smallest absolute Gasteiger partial charge is 0.237 e. The highest BCUT2D eigenvalue weighted by Crippen LogP contribution is 2.22. The van der Waals surface area contributed by atoms with Crippen molar-refractivity contribution in [2.45, 2.75) is 33.0 Å². The Bertz CT molecular complexity index is 823. The molecule has 0 bridgehead atoms. The Morgan fingerprint density at radius 1 is 0.929 bits per heavy atom. The van der Waals surface area contributed by atoms with E-state index in [0.717, 1.165) is 18.8 Å². The maximum absolute atomic E-state index is 9.96. The van der Waals surface area contributed by atoms with Crippen LogP contribution in [0.25, 0.3) is 0 Å². The van der Waals surface area contributed by atoms with E-state index in [9.17, 15) is 5.11 Å². The third-order valence-corrected chi connectivity index (χ3v) is 4.73. The van der Waals surface area contributed by atoms with Crippen molar-refractivity contribution >= 4 is 0 Å². The molecule has 0 spiro atoms. The van der Waals surface area contributed by atoms with Crippen LogP contribution < -0.4 is 4.74 Å². The average Bonchev–Trinajstić information content (AvgIpc) is 2.71. The van der Waals surface area contributed by atoms with Gasteiger partial charge in [0.1, 0.15) is 5.75 Å². The lowest BCUT2D eigenvalue weighted by Crippen LogP contribution is -2.40. The molecule has 0 unspecified atom stereocenters. The van der Waals surface area contributed by atoms with Crippen molar-refractivity contribution in [1.82, 2.24) is 14.9 Å². The van der Waals surface area contributed by atoms with E-state index in [-0.39, 0.29) is 12.6 Å². The van der Waals surface area contributed by atoms with Crippen LogP contribution in [0.4, 0.5) is 0 Å². The Hall–Kier alpha value is -2.76. The van der Waals surface area contributed by atoms with Crippen LogP contribution in [0.3, 0.4) is 0 Å². The molecule has 0 radical (unpaired) electrons. The number of nitrogens with zero attached hydrogens (tertiary/aromatic N) is 3. The number of benzene rings is 2. The second-order valence-corrected chi connectivity index (χ2v) is 7.17. The zero-order valence-electron chi connectivity index (χ0n) is 16.4. The summed E-state index contributed by atoms with van der Waals surface area (Å²) in [4.78, 5) is 10.5. The van der Waals surface area contributed by atoms with Gasteiger partial charge in [0, 0.05) is 31.5 Å². The summed E-state index contributed by atoms with van der Waals surface area (Å²) in [5.74, 6) is 1.55. The van der Waals surface area contributed by atoms with Crippen LogP contribution in [-0.2, 0) is 13.1 Å². The van der Waals surface area contributed by atoms with Crippen LogP contribution in [0.5, 0.6) is 11.6 Å². The molecular weight excluding hydrogens is 350 g/mol. The summed E-state index contributed by atoms with van der Waals surface area (Å²) >= 11 is 0. The van der Waals surface area contributed by atoms with Crippen molar-refractivity contribution in [2.24, 2.45) is 5.92 Å². The number of ether oxygens (including phenoxy) is 1. The van der Waals surface area contributed by atoms with E-state index in [1.54, 1.807) is 18.6 Å². The second-order valence-electron chi connectivity index (χ2n) is 7.17. The van der Waals surface area contributed by atoms with Crippen molar-refractivity contribution in [2.75, 3.05) is 6.61 Å². The zero-order valence-corrected chi connectivity index (χ0v) is 16.4. The van der Waals surface area contributed by atoms with Gasteiger partial charge in [-0.15, -0.1) is 0 Å². The van der Waals surface area contributed by atoms with E-state index in [2.05, 4.69) is 65.1 Å². The first-order chi connectivity index (χ1) is 13.7. The van der Waals surface area contributed by atoms with E-state index in [4.69, 9.17) is 4.74 Å². The molecule has 3 aromatic rings. The average molecular weight is 377 g/mol. The highest BCUT2D eigenvalue weighted by Gasteiger charge is 2.21. The number of aliphatic hydroxyl groups is 1. The summed E-state index contributed by atoms with van der Waals surface area (Å²) < 4.78 is 5.71. The van der Waals surface area contributed by atoms with Crippen molar-refractivity contribution in [1.29, 1.82) is 0 Å². The van der Waals surface area contributed by atoms with E-state index in [1.807, 2.05) is 18.2 Å². The predicted octanol–water partition coefficient (Wildman–Crippen LogP) is 4.29. The number of rotatable bonds is 9. The van der Waals surface area contributed by atoms with Gasteiger partial charge in [0.05, 0.1) is 12.8 Å². The highest BCUT2D eigenvalue weighted by atomic mass is 16.5. The monoisotopic (exact) mass is 377 g/mol. The van der Waals surface area contributed by atoms with Gasteiger partial charge in [-0.1, -0.05) is 56.3 Å². The SMILES string of the molecule is CC(C)[C@H](CO)N(Cc1ccccc1)Cc1ccc(Oc2cnccn2)cc1. The zero-order chi connectivity index (χ0) is 19.8. The van der Waals surface area contributed by atoms with Crippen LogP contribution in [-0.4, -0.2) is 32.6 Å². The number of hydrogen-bond donors (Lipinski definition) is 1. The maximum Gasteiger partial charge on any atom is 0.237 e. The standard InChI is InChI=1S/C23H27N3O2/c1-18(2)22(17-27)26(15-19-6-4-3-5-7-19)16-20-8-10-21(11-9-20)28-23-14-24-12-13-25-23/h3-14,18,22,27H,15-17H2,1-2H3/t22-/m0/s1.